The third kappa shape index (κ3) is 4.11. The molecular formula is C16H24N2O3. The van der Waals surface area contributed by atoms with E-state index in [1.807, 2.05) is 31.3 Å². The van der Waals surface area contributed by atoms with Gasteiger partial charge in [0.05, 0.1) is 19.6 Å². The van der Waals surface area contributed by atoms with Crippen molar-refractivity contribution in [1.82, 2.24) is 10.2 Å². The van der Waals surface area contributed by atoms with Crippen molar-refractivity contribution >= 4 is 5.91 Å². The maximum atomic E-state index is 12.3. The summed E-state index contributed by atoms with van der Waals surface area (Å²) in [5.74, 6) is 1.88. The number of hydrogen-bond donors (Lipinski definition) is 1. The van der Waals surface area contributed by atoms with Crippen molar-refractivity contribution < 1.29 is 14.3 Å². The van der Waals surface area contributed by atoms with Crippen molar-refractivity contribution in [2.75, 3.05) is 33.9 Å². The molecule has 1 aliphatic heterocycles. The summed E-state index contributed by atoms with van der Waals surface area (Å²) in [5, 5.41) is 3.31. The SMILES string of the molecule is COc1ccc(OCCN(C)C(=O)C2CCNC2C)cc1. The van der Waals surface area contributed by atoms with E-state index in [-0.39, 0.29) is 17.9 Å². The number of carbonyl (C=O) groups is 1. The largest absolute Gasteiger partial charge is 0.497 e. The molecule has 1 heterocycles. The number of likely N-dealkylation sites (N-methyl/N-ethyl adjacent to an activating group) is 1. The normalized spacial score (nSPS) is 21.1. The smallest absolute Gasteiger partial charge is 0.227 e. The number of nitrogens with zero attached hydrogens (tertiary/aromatic N) is 1. The second-order valence-corrected chi connectivity index (χ2v) is 5.42. The number of methoxy groups -OCH3 is 1. The van der Waals surface area contributed by atoms with Gasteiger partial charge in [-0.1, -0.05) is 0 Å². The molecule has 2 unspecified atom stereocenters. The number of carbonyl (C=O) groups excluding carboxylic acids is 1. The molecule has 1 fully saturated rings. The van der Waals surface area contributed by atoms with Crippen LogP contribution in [0.2, 0.25) is 0 Å². The Labute approximate surface area is 126 Å². The lowest BCUT2D eigenvalue weighted by molar-refractivity contribution is -0.134. The van der Waals surface area contributed by atoms with Crippen LogP contribution in [-0.2, 0) is 4.79 Å². The average molecular weight is 292 g/mol. The molecule has 116 valence electrons. The standard InChI is InChI=1S/C16H24N2O3/c1-12-15(8-9-17-12)16(19)18(2)10-11-21-14-6-4-13(20-3)5-7-14/h4-7,12,15,17H,8-11H2,1-3H3. The van der Waals surface area contributed by atoms with Gasteiger partial charge in [-0.2, -0.15) is 0 Å². The van der Waals surface area contributed by atoms with E-state index in [0.29, 0.717) is 13.2 Å². The first-order valence-electron chi connectivity index (χ1n) is 7.37. The number of nitrogens with one attached hydrogen (secondary N) is 1. The van der Waals surface area contributed by atoms with E-state index in [1.54, 1.807) is 12.0 Å². The van der Waals surface area contributed by atoms with Gasteiger partial charge >= 0.3 is 0 Å². The van der Waals surface area contributed by atoms with Crippen molar-refractivity contribution in [2.45, 2.75) is 19.4 Å². The molecule has 5 heteroatoms. The molecule has 5 nitrogen and oxygen atoms in total. The van der Waals surface area contributed by atoms with Crippen LogP contribution in [0.3, 0.4) is 0 Å². The van der Waals surface area contributed by atoms with Crippen LogP contribution in [0.25, 0.3) is 0 Å². The zero-order chi connectivity index (χ0) is 15.2. The predicted molar refractivity (Wildman–Crippen MR) is 81.7 cm³/mol. The summed E-state index contributed by atoms with van der Waals surface area (Å²) < 4.78 is 10.7. The Morgan fingerprint density at radius 1 is 1.33 bits per heavy atom. The lowest BCUT2D eigenvalue weighted by Crippen LogP contribution is -2.39. The van der Waals surface area contributed by atoms with Crippen molar-refractivity contribution in [1.29, 1.82) is 0 Å². The van der Waals surface area contributed by atoms with E-state index in [4.69, 9.17) is 9.47 Å². The summed E-state index contributed by atoms with van der Waals surface area (Å²) in [7, 11) is 3.47. The predicted octanol–water partition coefficient (Wildman–Crippen LogP) is 1.53. The van der Waals surface area contributed by atoms with Gasteiger partial charge in [-0.3, -0.25) is 4.79 Å². The van der Waals surface area contributed by atoms with Gasteiger partial charge in [0.25, 0.3) is 0 Å². The highest BCUT2D eigenvalue weighted by Gasteiger charge is 2.31. The quantitative estimate of drug-likeness (QED) is 0.864. The summed E-state index contributed by atoms with van der Waals surface area (Å²) in [4.78, 5) is 14.1. The molecular weight excluding hydrogens is 268 g/mol. The van der Waals surface area contributed by atoms with Crippen LogP contribution in [0.15, 0.2) is 24.3 Å². The first kappa shape index (κ1) is 15.6. The third-order valence-corrected chi connectivity index (χ3v) is 3.97. The minimum Gasteiger partial charge on any atom is -0.497 e. The molecule has 21 heavy (non-hydrogen) atoms. The summed E-state index contributed by atoms with van der Waals surface area (Å²) in [6, 6.07) is 7.71. The second-order valence-electron chi connectivity index (χ2n) is 5.42. The monoisotopic (exact) mass is 292 g/mol. The summed E-state index contributed by atoms with van der Waals surface area (Å²) in [5.41, 5.74) is 0. The molecule has 2 rings (SSSR count). The second kappa shape index (κ2) is 7.31. The summed E-state index contributed by atoms with van der Waals surface area (Å²) >= 11 is 0. The Hall–Kier alpha value is -1.75. The minimum atomic E-state index is 0.0935. The van der Waals surface area contributed by atoms with Crippen LogP contribution < -0.4 is 14.8 Å². The topological polar surface area (TPSA) is 50.8 Å². The number of benzene rings is 1. The van der Waals surface area contributed by atoms with Gasteiger partial charge in [0.1, 0.15) is 18.1 Å². The Kier molecular flexibility index (Phi) is 5.44. The Morgan fingerprint density at radius 2 is 2.00 bits per heavy atom. The van der Waals surface area contributed by atoms with Crippen LogP contribution in [0.4, 0.5) is 0 Å². The molecule has 0 saturated carbocycles. The van der Waals surface area contributed by atoms with Crippen molar-refractivity contribution in [3.63, 3.8) is 0 Å². The Balaban J connectivity index is 1.75. The lowest BCUT2D eigenvalue weighted by atomic mass is 10.0. The van der Waals surface area contributed by atoms with E-state index in [9.17, 15) is 4.79 Å². The van der Waals surface area contributed by atoms with E-state index in [2.05, 4.69) is 12.2 Å². The zero-order valence-corrected chi connectivity index (χ0v) is 13.0. The van der Waals surface area contributed by atoms with E-state index in [0.717, 1.165) is 24.5 Å². The molecule has 0 radical (unpaired) electrons. The lowest BCUT2D eigenvalue weighted by Gasteiger charge is -2.23. The molecule has 0 aliphatic carbocycles. The Morgan fingerprint density at radius 3 is 2.57 bits per heavy atom. The number of amides is 1. The van der Waals surface area contributed by atoms with Gasteiger partial charge in [0.2, 0.25) is 5.91 Å². The molecule has 0 bridgehead atoms. The van der Waals surface area contributed by atoms with E-state index in [1.165, 1.54) is 0 Å². The molecule has 0 aromatic heterocycles. The van der Waals surface area contributed by atoms with Gasteiger partial charge < -0.3 is 19.7 Å². The van der Waals surface area contributed by atoms with Crippen LogP contribution in [0.1, 0.15) is 13.3 Å². The molecule has 1 aromatic rings. The van der Waals surface area contributed by atoms with Crippen LogP contribution in [0, 0.1) is 5.92 Å². The third-order valence-electron chi connectivity index (χ3n) is 3.97. The van der Waals surface area contributed by atoms with Gasteiger partial charge in [0, 0.05) is 13.1 Å². The summed E-state index contributed by atoms with van der Waals surface area (Å²) in [6.45, 7) is 4.07. The van der Waals surface area contributed by atoms with Crippen molar-refractivity contribution in [2.24, 2.45) is 5.92 Å². The first-order valence-corrected chi connectivity index (χ1v) is 7.37. The highest BCUT2D eigenvalue weighted by molar-refractivity contribution is 5.79. The van der Waals surface area contributed by atoms with Crippen LogP contribution in [-0.4, -0.2) is 50.7 Å². The van der Waals surface area contributed by atoms with E-state index >= 15 is 0 Å². The minimum absolute atomic E-state index is 0.0935. The van der Waals surface area contributed by atoms with Gasteiger partial charge in [-0.05, 0) is 44.2 Å². The Bertz CT molecular complexity index is 461. The maximum absolute atomic E-state index is 12.3. The first-order chi connectivity index (χ1) is 10.1. The molecule has 1 aliphatic rings. The fourth-order valence-corrected chi connectivity index (χ4v) is 2.56. The van der Waals surface area contributed by atoms with Crippen LogP contribution >= 0.6 is 0 Å². The fourth-order valence-electron chi connectivity index (χ4n) is 2.56. The maximum Gasteiger partial charge on any atom is 0.227 e. The molecule has 2 atom stereocenters. The molecule has 1 aromatic carbocycles. The van der Waals surface area contributed by atoms with Crippen molar-refractivity contribution in [3.8, 4) is 11.5 Å². The van der Waals surface area contributed by atoms with Gasteiger partial charge in [-0.25, -0.2) is 0 Å². The highest BCUT2D eigenvalue weighted by Crippen LogP contribution is 2.18. The zero-order valence-electron chi connectivity index (χ0n) is 13.0. The van der Waals surface area contributed by atoms with Crippen LogP contribution in [0.5, 0.6) is 11.5 Å². The highest BCUT2D eigenvalue weighted by atomic mass is 16.5. The number of hydrogen-bond acceptors (Lipinski definition) is 4. The molecule has 1 saturated heterocycles. The van der Waals surface area contributed by atoms with Gasteiger partial charge in [-0.15, -0.1) is 0 Å². The fraction of sp³-hybridized carbons (Fsp3) is 0.562. The van der Waals surface area contributed by atoms with E-state index < -0.39 is 0 Å². The average Bonchev–Trinajstić information content (AvgIpc) is 2.93. The number of ether oxygens (including phenoxy) is 2. The molecule has 0 spiro atoms. The summed E-state index contributed by atoms with van der Waals surface area (Å²) in [6.07, 6.45) is 0.920. The number of rotatable bonds is 6. The van der Waals surface area contributed by atoms with Crippen molar-refractivity contribution in [3.05, 3.63) is 24.3 Å². The molecule has 1 N–H and O–H groups in total. The van der Waals surface area contributed by atoms with Gasteiger partial charge in [0.15, 0.2) is 0 Å². The molecule has 1 amide bonds.